The van der Waals surface area contributed by atoms with Crippen molar-refractivity contribution in [2.24, 2.45) is 0 Å². The van der Waals surface area contributed by atoms with Gasteiger partial charge in [-0.15, -0.1) is 0 Å². The Hall–Kier alpha value is -0.300. The zero-order chi connectivity index (χ0) is 5.98. The van der Waals surface area contributed by atoms with Gasteiger partial charge < -0.3 is 5.11 Å². The number of allylic oxidation sites excluding steroid dienone is 1. The molecule has 0 aliphatic heterocycles. The van der Waals surface area contributed by atoms with Gasteiger partial charge in [-0.1, -0.05) is 6.08 Å². The monoisotopic (exact) mass is 112 g/mol. The Bertz CT molecular complexity index is 105. The molecule has 1 fully saturated rings. The first kappa shape index (κ1) is 5.83. The van der Waals surface area contributed by atoms with Gasteiger partial charge in [0.1, 0.15) is 0 Å². The maximum absolute atomic E-state index is 9.12. The molecule has 0 aromatic rings. The number of hydrogen-bond acceptors (Lipinski definition) is 1. The summed E-state index contributed by atoms with van der Waals surface area (Å²) in [5, 5.41) is 9.12. The molecule has 1 aliphatic carbocycles. The summed E-state index contributed by atoms with van der Waals surface area (Å²) in [5.74, 6) is 0. The highest BCUT2D eigenvalue weighted by Gasteiger charge is 2.15. The van der Waals surface area contributed by atoms with Gasteiger partial charge in [0.15, 0.2) is 0 Å². The van der Waals surface area contributed by atoms with E-state index < -0.39 is 0 Å². The standard InChI is InChI=1S/C7H12O/c1-2-6-4-3-5-7(6)8/h2,7-8H,3-5H2,1H3/b6-2-. The van der Waals surface area contributed by atoms with Gasteiger partial charge in [-0.2, -0.15) is 0 Å². The maximum Gasteiger partial charge on any atom is 0.0750 e. The number of aliphatic hydroxyl groups is 1. The largest absolute Gasteiger partial charge is 0.389 e. The molecule has 8 heavy (non-hydrogen) atoms. The summed E-state index contributed by atoms with van der Waals surface area (Å²) in [4.78, 5) is 0. The smallest absolute Gasteiger partial charge is 0.0750 e. The zero-order valence-electron chi connectivity index (χ0n) is 5.22. The summed E-state index contributed by atoms with van der Waals surface area (Å²) >= 11 is 0. The van der Waals surface area contributed by atoms with Crippen LogP contribution in [0.3, 0.4) is 0 Å². The Morgan fingerprint density at radius 2 is 2.50 bits per heavy atom. The molecule has 0 saturated heterocycles. The molecular weight excluding hydrogens is 100 g/mol. The second-order valence-corrected chi connectivity index (χ2v) is 2.27. The summed E-state index contributed by atoms with van der Waals surface area (Å²) < 4.78 is 0. The average molecular weight is 112 g/mol. The van der Waals surface area contributed by atoms with Crippen LogP contribution in [0.2, 0.25) is 0 Å². The van der Waals surface area contributed by atoms with Gasteiger partial charge in [0.25, 0.3) is 0 Å². The van der Waals surface area contributed by atoms with Gasteiger partial charge in [0.05, 0.1) is 6.10 Å². The van der Waals surface area contributed by atoms with Crippen LogP contribution in [-0.2, 0) is 0 Å². The summed E-state index contributed by atoms with van der Waals surface area (Å²) in [6.07, 6.45) is 5.16. The second-order valence-electron chi connectivity index (χ2n) is 2.27. The first-order chi connectivity index (χ1) is 3.84. The summed E-state index contributed by atoms with van der Waals surface area (Å²) in [6, 6.07) is 0. The van der Waals surface area contributed by atoms with E-state index in [1.54, 1.807) is 0 Å². The topological polar surface area (TPSA) is 20.2 Å². The van der Waals surface area contributed by atoms with Gasteiger partial charge in [0, 0.05) is 0 Å². The molecule has 1 unspecified atom stereocenters. The van der Waals surface area contributed by atoms with Crippen LogP contribution in [0, 0.1) is 0 Å². The third-order valence-electron chi connectivity index (χ3n) is 1.74. The number of aliphatic hydroxyl groups excluding tert-OH is 1. The van der Waals surface area contributed by atoms with Gasteiger partial charge in [0.2, 0.25) is 0 Å². The first-order valence-electron chi connectivity index (χ1n) is 3.17. The Morgan fingerprint density at radius 3 is 2.75 bits per heavy atom. The molecule has 1 nitrogen and oxygen atoms in total. The third-order valence-corrected chi connectivity index (χ3v) is 1.74. The van der Waals surface area contributed by atoms with E-state index in [9.17, 15) is 0 Å². The van der Waals surface area contributed by atoms with E-state index in [1.165, 1.54) is 12.0 Å². The van der Waals surface area contributed by atoms with Crippen LogP contribution in [0.15, 0.2) is 11.6 Å². The lowest BCUT2D eigenvalue weighted by Crippen LogP contribution is -1.99. The SMILES string of the molecule is C/C=C1/CCCC1O. The minimum absolute atomic E-state index is 0.111. The summed E-state index contributed by atoms with van der Waals surface area (Å²) in [6.45, 7) is 1.99. The molecule has 0 aromatic carbocycles. The molecule has 0 bridgehead atoms. The highest BCUT2D eigenvalue weighted by Crippen LogP contribution is 2.23. The molecule has 46 valence electrons. The van der Waals surface area contributed by atoms with Crippen molar-refractivity contribution < 1.29 is 5.11 Å². The van der Waals surface area contributed by atoms with Crippen LogP contribution in [0.4, 0.5) is 0 Å². The fourth-order valence-electron chi connectivity index (χ4n) is 1.19. The lowest BCUT2D eigenvalue weighted by molar-refractivity contribution is 0.218. The molecule has 1 aliphatic rings. The molecule has 0 spiro atoms. The highest BCUT2D eigenvalue weighted by atomic mass is 16.3. The second kappa shape index (κ2) is 2.31. The Kier molecular flexibility index (Phi) is 1.69. The van der Waals surface area contributed by atoms with E-state index in [1.807, 2.05) is 13.0 Å². The summed E-state index contributed by atoms with van der Waals surface area (Å²) in [5.41, 5.74) is 1.23. The third kappa shape index (κ3) is 0.920. The molecule has 0 aromatic heterocycles. The van der Waals surface area contributed by atoms with Gasteiger partial charge in [-0.05, 0) is 31.8 Å². The van der Waals surface area contributed by atoms with Crippen molar-refractivity contribution in [3.8, 4) is 0 Å². The van der Waals surface area contributed by atoms with E-state index in [0.717, 1.165) is 12.8 Å². The van der Waals surface area contributed by atoms with Crippen molar-refractivity contribution in [3.63, 3.8) is 0 Å². The first-order valence-corrected chi connectivity index (χ1v) is 3.17. The molecular formula is C7H12O. The average Bonchev–Trinajstić information content (AvgIpc) is 2.14. The van der Waals surface area contributed by atoms with Crippen LogP contribution < -0.4 is 0 Å². The number of hydrogen-bond donors (Lipinski definition) is 1. The Balaban J connectivity index is 2.55. The normalized spacial score (nSPS) is 34.2. The van der Waals surface area contributed by atoms with Gasteiger partial charge in [-0.25, -0.2) is 0 Å². The van der Waals surface area contributed by atoms with Crippen LogP contribution in [0.25, 0.3) is 0 Å². The highest BCUT2D eigenvalue weighted by molar-refractivity contribution is 5.10. The van der Waals surface area contributed by atoms with E-state index in [4.69, 9.17) is 5.11 Å². The predicted octanol–water partition coefficient (Wildman–Crippen LogP) is 1.48. The quantitative estimate of drug-likeness (QED) is 0.470. The Labute approximate surface area is 50.0 Å². The van der Waals surface area contributed by atoms with Crippen molar-refractivity contribution in [1.82, 2.24) is 0 Å². The summed E-state index contributed by atoms with van der Waals surface area (Å²) in [7, 11) is 0. The predicted molar refractivity (Wildman–Crippen MR) is 33.6 cm³/mol. The van der Waals surface area contributed by atoms with E-state index >= 15 is 0 Å². The van der Waals surface area contributed by atoms with Crippen LogP contribution in [-0.4, -0.2) is 11.2 Å². The van der Waals surface area contributed by atoms with Crippen molar-refractivity contribution in [2.45, 2.75) is 32.3 Å². The molecule has 0 heterocycles. The molecule has 1 saturated carbocycles. The van der Waals surface area contributed by atoms with Crippen LogP contribution in [0.1, 0.15) is 26.2 Å². The minimum Gasteiger partial charge on any atom is -0.389 e. The fourth-order valence-corrected chi connectivity index (χ4v) is 1.19. The van der Waals surface area contributed by atoms with Crippen molar-refractivity contribution >= 4 is 0 Å². The van der Waals surface area contributed by atoms with E-state index in [2.05, 4.69) is 0 Å². The molecule has 0 radical (unpaired) electrons. The molecule has 1 heteroatoms. The van der Waals surface area contributed by atoms with Crippen LogP contribution in [0.5, 0.6) is 0 Å². The van der Waals surface area contributed by atoms with E-state index in [-0.39, 0.29) is 6.10 Å². The molecule has 1 rings (SSSR count). The van der Waals surface area contributed by atoms with Gasteiger partial charge in [-0.3, -0.25) is 0 Å². The van der Waals surface area contributed by atoms with Crippen molar-refractivity contribution in [1.29, 1.82) is 0 Å². The molecule has 1 N–H and O–H groups in total. The van der Waals surface area contributed by atoms with Crippen LogP contribution >= 0.6 is 0 Å². The van der Waals surface area contributed by atoms with E-state index in [0.29, 0.717) is 0 Å². The Morgan fingerprint density at radius 1 is 1.75 bits per heavy atom. The maximum atomic E-state index is 9.12. The molecule has 0 amide bonds. The minimum atomic E-state index is -0.111. The van der Waals surface area contributed by atoms with Crippen molar-refractivity contribution in [2.75, 3.05) is 0 Å². The van der Waals surface area contributed by atoms with Crippen molar-refractivity contribution in [3.05, 3.63) is 11.6 Å². The fraction of sp³-hybridized carbons (Fsp3) is 0.714. The number of rotatable bonds is 0. The molecule has 1 atom stereocenters. The lowest BCUT2D eigenvalue weighted by Gasteiger charge is -1.99. The lowest BCUT2D eigenvalue weighted by atomic mass is 10.2. The van der Waals surface area contributed by atoms with Gasteiger partial charge >= 0.3 is 0 Å². The zero-order valence-corrected chi connectivity index (χ0v) is 5.22.